The summed E-state index contributed by atoms with van der Waals surface area (Å²) in [7, 11) is 0. The number of hydrogen-bond acceptors (Lipinski definition) is 5. The fourth-order valence-corrected chi connectivity index (χ4v) is 2.73. The lowest BCUT2D eigenvalue weighted by molar-refractivity contribution is -0.384. The van der Waals surface area contributed by atoms with Crippen molar-refractivity contribution in [1.82, 2.24) is 9.97 Å². The van der Waals surface area contributed by atoms with Gasteiger partial charge in [-0.25, -0.2) is 9.97 Å². The largest absolute Gasteiger partial charge is 0.348 e. The Labute approximate surface area is 110 Å². The number of nitrogens with zero attached hydrogens (tertiary/aromatic N) is 4. The van der Waals surface area contributed by atoms with Crippen LogP contribution in [0.15, 0.2) is 6.33 Å². The summed E-state index contributed by atoms with van der Waals surface area (Å²) in [6.07, 6.45) is 4.41. The Kier molecular flexibility index (Phi) is 3.65. The van der Waals surface area contributed by atoms with Gasteiger partial charge in [0.25, 0.3) is 0 Å². The Balaban J connectivity index is 2.49. The van der Waals surface area contributed by atoms with E-state index in [2.05, 4.69) is 23.8 Å². The molecule has 2 heterocycles. The maximum Gasteiger partial charge on any atom is 0.348 e. The zero-order valence-corrected chi connectivity index (χ0v) is 11.1. The van der Waals surface area contributed by atoms with E-state index in [-0.39, 0.29) is 22.9 Å². The van der Waals surface area contributed by atoms with Gasteiger partial charge in [-0.05, 0) is 33.1 Å². The molecule has 18 heavy (non-hydrogen) atoms. The lowest BCUT2D eigenvalue weighted by atomic mass is 9.97. The molecule has 2 atom stereocenters. The summed E-state index contributed by atoms with van der Waals surface area (Å²) in [6, 6.07) is 0.442. The first-order chi connectivity index (χ1) is 8.52. The molecule has 2 rings (SSSR count). The van der Waals surface area contributed by atoms with E-state index < -0.39 is 4.92 Å². The molecule has 1 aromatic heterocycles. The number of rotatable bonds is 2. The summed E-state index contributed by atoms with van der Waals surface area (Å²) in [5.74, 6) is 0.333. The molecule has 1 saturated heterocycles. The molecule has 0 aliphatic carbocycles. The van der Waals surface area contributed by atoms with Crippen molar-refractivity contribution in [2.45, 2.75) is 45.2 Å². The Morgan fingerprint density at radius 2 is 2.00 bits per heavy atom. The second-order valence-corrected chi connectivity index (χ2v) is 4.99. The SMILES string of the molecule is C[C@@H]1CCC[C@@H](C)N1c1ncnc(Cl)c1[N+](=O)[O-]. The van der Waals surface area contributed by atoms with Gasteiger partial charge in [0.05, 0.1) is 4.92 Å². The highest BCUT2D eigenvalue weighted by Gasteiger charge is 2.33. The Morgan fingerprint density at radius 1 is 1.39 bits per heavy atom. The fraction of sp³-hybridized carbons (Fsp3) is 0.636. The van der Waals surface area contributed by atoms with Crippen molar-refractivity contribution >= 4 is 23.1 Å². The Bertz CT molecular complexity index is 458. The average Bonchev–Trinajstić information content (AvgIpc) is 2.28. The van der Waals surface area contributed by atoms with Crippen LogP contribution >= 0.6 is 11.6 Å². The Morgan fingerprint density at radius 3 is 2.56 bits per heavy atom. The molecule has 7 heteroatoms. The van der Waals surface area contributed by atoms with Crippen molar-refractivity contribution in [3.05, 3.63) is 21.6 Å². The van der Waals surface area contributed by atoms with E-state index in [1.54, 1.807) is 0 Å². The van der Waals surface area contributed by atoms with Crippen molar-refractivity contribution in [3.63, 3.8) is 0 Å². The molecule has 1 aliphatic rings. The number of piperidine rings is 1. The molecule has 1 aromatic rings. The first-order valence-electron chi connectivity index (χ1n) is 5.95. The van der Waals surface area contributed by atoms with Crippen LogP contribution in [0.25, 0.3) is 0 Å². The van der Waals surface area contributed by atoms with Crippen LogP contribution in [0.3, 0.4) is 0 Å². The van der Waals surface area contributed by atoms with Crippen LogP contribution in [0.4, 0.5) is 11.5 Å². The van der Waals surface area contributed by atoms with E-state index >= 15 is 0 Å². The lowest BCUT2D eigenvalue weighted by Crippen LogP contribution is -2.44. The first kappa shape index (κ1) is 13.0. The zero-order chi connectivity index (χ0) is 13.3. The van der Waals surface area contributed by atoms with Crippen molar-refractivity contribution < 1.29 is 4.92 Å². The van der Waals surface area contributed by atoms with Crippen LogP contribution in [0.5, 0.6) is 0 Å². The van der Waals surface area contributed by atoms with Crippen LogP contribution < -0.4 is 4.90 Å². The molecule has 0 aromatic carbocycles. The molecule has 0 N–H and O–H groups in total. The summed E-state index contributed by atoms with van der Waals surface area (Å²) in [5.41, 5.74) is -0.195. The molecule has 1 aliphatic heterocycles. The number of nitro groups is 1. The molecule has 0 spiro atoms. The summed E-state index contributed by atoms with van der Waals surface area (Å²) < 4.78 is 0. The Hall–Kier alpha value is -1.43. The third-order valence-electron chi connectivity index (χ3n) is 3.38. The number of aromatic nitrogens is 2. The quantitative estimate of drug-likeness (QED) is 0.469. The summed E-state index contributed by atoms with van der Waals surface area (Å²) in [6.45, 7) is 4.10. The maximum atomic E-state index is 11.1. The third-order valence-corrected chi connectivity index (χ3v) is 3.66. The highest BCUT2D eigenvalue weighted by molar-refractivity contribution is 6.31. The van der Waals surface area contributed by atoms with Gasteiger partial charge < -0.3 is 4.90 Å². The maximum absolute atomic E-state index is 11.1. The van der Waals surface area contributed by atoms with E-state index in [0.717, 1.165) is 19.3 Å². The predicted molar refractivity (Wildman–Crippen MR) is 69.0 cm³/mol. The smallest absolute Gasteiger partial charge is 0.345 e. The molecule has 0 amide bonds. The predicted octanol–water partition coefficient (Wildman–Crippen LogP) is 2.81. The van der Waals surface area contributed by atoms with Crippen molar-refractivity contribution in [3.8, 4) is 0 Å². The van der Waals surface area contributed by atoms with E-state index in [0.29, 0.717) is 5.82 Å². The van der Waals surface area contributed by atoms with E-state index in [9.17, 15) is 10.1 Å². The first-order valence-corrected chi connectivity index (χ1v) is 6.33. The van der Waals surface area contributed by atoms with Gasteiger partial charge >= 0.3 is 5.69 Å². The molecule has 6 nitrogen and oxygen atoms in total. The summed E-state index contributed by atoms with van der Waals surface area (Å²) in [5, 5.41) is 11.0. The van der Waals surface area contributed by atoms with Crippen LogP contribution in [-0.4, -0.2) is 27.0 Å². The normalized spacial score (nSPS) is 24.1. The van der Waals surface area contributed by atoms with Crippen molar-refractivity contribution in [1.29, 1.82) is 0 Å². The molecular formula is C11H15ClN4O2. The molecule has 0 unspecified atom stereocenters. The van der Waals surface area contributed by atoms with Gasteiger partial charge in [-0.1, -0.05) is 11.6 Å². The standard InChI is InChI=1S/C11H15ClN4O2/c1-7-4-3-5-8(2)15(7)11-9(16(17)18)10(12)13-6-14-11/h6-8H,3-5H2,1-2H3/t7-,8-/m1/s1. The van der Waals surface area contributed by atoms with Gasteiger partial charge in [0.1, 0.15) is 6.33 Å². The van der Waals surface area contributed by atoms with Crippen LogP contribution in [0.1, 0.15) is 33.1 Å². The lowest BCUT2D eigenvalue weighted by Gasteiger charge is -2.39. The topological polar surface area (TPSA) is 72.2 Å². The van der Waals surface area contributed by atoms with Crippen molar-refractivity contribution in [2.24, 2.45) is 0 Å². The molecule has 0 saturated carbocycles. The van der Waals surface area contributed by atoms with E-state index in [1.807, 2.05) is 4.90 Å². The van der Waals surface area contributed by atoms with E-state index in [4.69, 9.17) is 11.6 Å². The number of halogens is 1. The van der Waals surface area contributed by atoms with Gasteiger partial charge in [-0.2, -0.15) is 0 Å². The fourth-order valence-electron chi connectivity index (χ4n) is 2.53. The van der Waals surface area contributed by atoms with Gasteiger partial charge in [-0.15, -0.1) is 0 Å². The number of hydrogen-bond donors (Lipinski definition) is 0. The molecular weight excluding hydrogens is 256 g/mol. The minimum absolute atomic E-state index is 0.102. The molecule has 1 fully saturated rings. The van der Waals surface area contributed by atoms with Crippen LogP contribution in [-0.2, 0) is 0 Å². The summed E-state index contributed by atoms with van der Waals surface area (Å²) in [4.78, 5) is 20.4. The average molecular weight is 271 g/mol. The second kappa shape index (κ2) is 5.06. The third kappa shape index (κ3) is 2.25. The van der Waals surface area contributed by atoms with Crippen LogP contribution in [0, 0.1) is 10.1 Å². The highest BCUT2D eigenvalue weighted by Crippen LogP contribution is 2.36. The highest BCUT2D eigenvalue weighted by atomic mass is 35.5. The van der Waals surface area contributed by atoms with Crippen molar-refractivity contribution in [2.75, 3.05) is 4.90 Å². The van der Waals surface area contributed by atoms with Gasteiger partial charge in [0, 0.05) is 12.1 Å². The molecule has 98 valence electrons. The molecule has 0 radical (unpaired) electrons. The monoisotopic (exact) mass is 270 g/mol. The van der Waals surface area contributed by atoms with Gasteiger partial charge in [0.2, 0.25) is 11.0 Å². The number of anilines is 1. The second-order valence-electron chi connectivity index (χ2n) is 4.63. The zero-order valence-electron chi connectivity index (χ0n) is 10.3. The minimum Gasteiger partial charge on any atom is -0.345 e. The van der Waals surface area contributed by atoms with Crippen LogP contribution in [0.2, 0.25) is 5.15 Å². The summed E-state index contributed by atoms with van der Waals surface area (Å²) >= 11 is 5.82. The van der Waals surface area contributed by atoms with Gasteiger partial charge in [-0.3, -0.25) is 10.1 Å². The van der Waals surface area contributed by atoms with E-state index in [1.165, 1.54) is 6.33 Å². The molecule has 0 bridgehead atoms. The minimum atomic E-state index is -0.508. The van der Waals surface area contributed by atoms with Gasteiger partial charge in [0.15, 0.2) is 0 Å².